The van der Waals surface area contributed by atoms with Crippen LogP contribution in [0.2, 0.25) is 0 Å². The van der Waals surface area contributed by atoms with E-state index in [0.717, 1.165) is 0 Å². The minimum absolute atomic E-state index is 0. The Balaban J connectivity index is 0.000000605. The zero-order valence-corrected chi connectivity index (χ0v) is 7.68. The molecule has 0 spiro atoms. The first-order valence-corrected chi connectivity index (χ1v) is 2.90. The Kier molecular flexibility index (Phi) is 3.79. The minimum Gasteiger partial charge on any atom is -0.396 e. The van der Waals surface area contributed by atoms with E-state index in [0.29, 0.717) is 11.5 Å². The highest BCUT2D eigenvalue weighted by Crippen LogP contribution is 2.00. The number of anilines is 1. The molecule has 0 saturated carbocycles. The molecule has 2 aromatic heterocycles. The maximum absolute atomic E-state index is 5.47. The van der Waals surface area contributed by atoms with Crippen LogP contribution in [0.25, 0.3) is 5.78 Å². The molecule has 2 rings (SSSR count). The summed E-state index contributed by atoms with van der Waals surface area (Å²) in [7, 11) is 0. The number of hydrogen-bond acceptors (Lipinski definition) is 3. The highest BCUT2D eigenvalue weighted by atomic mass is 35.5. The first kappa shape index (κ1) is 11.0. The van der Waals surface area contributed by atoms with Crippen LogP contribution in [0.15, 0.2) is 24.8 Å². The van der Waals surface area contributed by atoms with E-state index in [2.05, 4.69) is 9.97 Å². The second kappa shape index (κ2) is 4.13. The third-order valence-electron chi connectivity index (χ3n) is 1.27. The molecule has 4 nitrogen and oxygen atoms in total. The Bertz CT molecular complexity index is 359. The van der Waals surface area contributed by atoms with Crippen LogP contribution < -0.4 is 5.73 Å². The van der Waals surface area contributed by atoms with Gasteiger partial charge in [0, 0.05) is 18.6 Å². The predicted octanol–water partition coefficient (Wildman–Crippen LogP) is 1.16. The maximum Gasteiger partial charge on any atom is 0.233 e. The van der Waals surface area contributed by atoms with Gasteiger partial charge in [0.25, 0.3) is 0 Å². The zero-order chi connectivity index (χ0) is 6.97. The van der Waals surface area contributed by atoms with Gasteiger partial charge in [-0.2, -0.15) is 0 Å². The van der Waals surface area contributed by atoms with Crippen molar-refractivity contribution in [3.05, 3.63) is 24.8 Å². The smallest absolute Gasteiger partial charge is 0.233 e. The molecule has 0 amide bonds. The van der Waals surface area contributed by atoms with E-state index in [1.807, 2.05) is 0 Å². The molecule has 0 atom stereocenters. The quantitative estimate of drug-likeness (QED) is 0.704. The molecular formula is C6H8Cl2N4. The Labute approximate surface area is 81.6 Å². The minimum atomic E-state index is 0. The molecule has 6 heteroatoms. The van der Waals surface area contributed by atoms with Crippen LogP contribution in [0.1, 0.15) is 0 Å². The molecular weight excluding hydrogens is 199 g/mol. The Hall–Kier alpha value is -1.00. The summed E-state index contributed by atoms with van der Waals surface area (Å²) in [6.45, 7) is 0. The van der Waals surface area contributed by atoms with Crippen LogP contribution in [-0.4, -0.2) is 14.4 Å². The van der Waals surface area contributed by atoms with E-state index < -0.39 is 0 Å². The van der Waals surface area contributed by atoms with Gasteiger partial charge in [0.15, 0.2) is 0 Å². The van der Waals surface area contributed by atoms with Crippen molar-refractivity contribution in [2.75, 3.05) is 5.73 Å². The third kappa shape index (κ3) is 1.78. The number of fused-ring (bicyclic) bond motifs is 1. The molecule has 66 valence electrons. The molecule has 2 N–H and O–H groups in total. The summed E-state index contributed by atoms with van der Waals surface area (Å²) in [6.07, 6.45) is 6.85. The fourth-order valence-corrected chi connectivity index (χ4v) is 0.832. The fourth-order valence-electron chi connectivity index (χ4n) is 0.832. The first-order chi connectivity index (χ1) is 4.86. The van der Waals surface area contributed by atoms with E-state index in [4.69, 9.17) is 5.73 Å². The van der Waals surface area contributed by atoms with Crippen LogP contribution in [0.5, 0.6) is 0 Å². The van der Waals surface area contributed by atoms with Crippen LogP contribution >= 0.6 is 24.8 Å². The van der Waals surface area contributed by atoms with Gasteiger partial charge in [-0.05, 0) is 0 Å². The SMILES string of the molecule is Cl.Cl.Nc1cnc2nccn2c1. The van der Waals surface area contributed by atoms with Gasteiger partial charge in [-0.3, -0.25) is 4.40 Å². The van der Waals surface area contributed by atoms with Gasteiger partial charge in [0.2, 0.25) is 5.78 Å². The van der Waals surface area contributed by atoms with Crippen molar-refractivity contribution in [2.24, 2.45) is 0 Å². The molecule has 0 fully saturated rings. The molecule has 0 bridgehead atoms. The van der Waals surface area contributed by atoms with Crippen molar-refractivity contribution >= 4 is 36.3 Å². The lowest BCUT2D eigenvalue weighted by atomic mass is 10.6. The third-order valence-corrected chi connectivity index (χ3v) is 1.27. The van der Waals surface area contributed by atoms with Gasteiger partial charge in [0.1, 0.15) is 0 Å². The summed E-state index contributed by atoms with van der Waals surface area (Å²) < 4.78 is 1.77. The fraction of sp³-hybridized carbons (Fsp3) is 0. The maximum atomic E-state index is 5.47. The van der Waals surface area contributed by atoms with Crippen LogP contribution in [0.3, 0.4) is 0 Å². The number of nitrogens with zero attached hydrogens (tertiary/aromatic N) is 3. The largest absolute Gasteiger partial charge is 0.396 e. The summed E-state index contributed by atoms with van der Waals surface area (Å²) >= 11 is 0. The van der Waals surface area contributed by atoms with Crippen LogP contribution in [0, 0.1) is 0 Å². The average molecular weight is 207 g/mol. The lowest BCUT2D eigenvalue weighted by Gasteiger charge is -1.92. The standard InChI is InChI=1S/C6H6N4.2ClH/c7-5-3-9-6-8-1-2-10(6)4-5;;/h1-4H,7H2;2*1H. The van der Waals surface area contributed by atoms with Crippen LogP contribution in [-0.2, 0) is 0 Å². The lowest BCUT2D eigenvalue weighted by molar-refractivity contribution is 1.11. The summed E-state index contributed by atoms with van der Waals surface area (Å²) in [5.41, 5.74) is 6.12. The predicted molar refractivity (Wildman–Crippen MR) is 51.9 cm³/mol. The molecule has 0 aliphatic heterocycles. The van der Waals surface area contributed by atoms with Crippen molar-refractivity contribution in [1.29, 1.82) is 0 Å². The molecule has 0 aliphatic carbocycles. The molecule has 0 radical (unpaired) electrons. The molecule has 2 heterocycles. The summed E-state index contributed by atoms with van der Waals surface area (Å²) in [5, 5.41) is 0. The highest BCUT2D eigenvalue weighted by molar-refractivity contribution is 5.85. The summed E-state index contributed by atoms with van der Waals surface area (Å²) in [5.74, 6) is 0.675. The van der Waals surface area contributed by atoms with Crippen molar-refractivity contribution in [3.8, 4) is 0 Å². The Morgan fingerprint density at radius 3 is 2.75 bits per heavy atom. The van der Waals surface area contributed by atoms with Crippen molar-refractivity contribution in [2.45, 2.75) is 0 Å². The van der Waals surface area contributed by atoms with E-state index in [1.54, 1.807) is 29.2 Å². The second-order valence-electron chi connectivity index (χ2n) is 2.02. The average Bonchev–Trinajstić information content (AvgIpc) is 2.33. The summed E-state index contributed by atoms with van der Waals surface area (Å²) in [4.78, 5) is 7.92. The van der Waals surface area contributed by atoms with E-state index in [9.17, 15) is 0 Å². The van der Waals surface area contributed by atoms with Gasteiger partial charge in [-0.1, -0.05) is 0 Å². The molecule has 0 unspecified atom stereocenters. The van der Waals surface area contributed by atoms with Crippen LogP contribution in [0.4, 0.5) is 5.69 Å². The number of rotatable bonds is 0. The topological polar surface area (TPSA) is 56.2 Å². The van der Waals surface area contributed by atoms with E-state index >= 15 is 0 Å². The van der Waals surface area contributed by atoms with E-state index in [-0.39, 0.29) is 24.8 Å². The number of nitrogen functional groups attached to an aromatic ring is 1. The number of hydrogen-bond donors (Lipinski definition) is 1. The van der Waals surface area contributed by atoms with E-state index in [1.165, 1.54) is 0 Å². The van der Waals surface area contributed by atoms with Crippen molar-refractivity contribution < 1.29 is 0 Å². The molecule has 0 aromatic carbocycles. The van der Waals surface area contributed by atoms with Gasteiger partial charge in [0.05, 0.1) is 11.9 Å². The van der Waals surface area contributed by atoms with Gasteiger partial charge < -0.3 is 5.73 Å². The van der Waals surface area contributed by atoms with Gasteiger partial charge in [-0.25, -0.2) is 9.97 Å². The lowest BCUT2D eigenvalue weighted by Crippen LogP contribution is -1.91. The number of halogens is 2. The highest BCUT2D eigenvalue weighted by Gasteiger charge is 1.91. The number of imidazole rings is 1. The Morgan fingerprint density at radius 1 is 1.25 bits per heavy atom. The molecule has 2 aromatic rings. The van der Waals surface area contributed by atoms with Crippen molar-refractivity contribution in [1.82, 2.24) is 14.4 Å². The zero-order valence-electron chi connectivity index (χ0n) is 6.04. The first-order valence-electron chi connectivity index (χ1n) is 2.90. The second-order valence-corrected chi connectivity index (χ2v) is 2.02. The monoisotopic (exact) mass is 206 g/mol. The molecule has 12 heavy (non-hydrogen) atoms. The summed E-state index contributed by atoms with van der Waals surface area (Å²) in [6, 6.07) is 0. The molecule has 0 aliphatic rings. The normalized spacial score (nSPS) is 8.67. The van der Waals surface area contributed by atoms with Gasteiger partial charge >= 0.3 is 0 Å². The molecule has 0 saturated heterocycles. The van der Waals surface area contributed by atoms with Gasteiger partial charge in [-0.15, -0.1) is 24.8 Å². The number of nitrogens with two attached hydrogens (primary N) is 1. The Morgan fingerprint density at radius 2 is 2.00 bits per heavy atom. The van der Waals surface area contributed by atoms with Crippen molar-refractivity contribution in [3.63, 3.8) is 0 Å². The number of aromatic nitrogens is 3.